The van der Waals surface area contributed by atoms with Gasteiger partial charge in [-0.25, -0.2) is 9.61 Å². The number of rotatable bonds is 4. The standard InChI is InChI=1S/C14H19N5O3/c1-8-11(18-22-17-8)7-13(20)16-10-3-4-12(14(10)21)19-6-5-15-9(19)2/h5-6,10,12,14,21H,3-4,7H2,1-2H3,(H,16,20)/t10-,12-,14-/m1/s1. The van der Waals surface area contributed by atoms with Crippen LogP contribution in [0.4, 0.5) is 0 Å². The largest absolute Gasteiger partial charge is 0.389 e. The van der Waals surface area contributed by atoms with Crippen LogP contribution in [0.2, 0.25) is 0 Å². The van der Waals surface area contributed by atoms with Gasteiger partial charge in [-0.1, -0.05) is 10.3 Å². The molecular weight excluding hydrogens is 286 g/mol. The first-order chi connectivity index (χ1) is 10.6. The van der Waals surface area contributed by atoms with Crippen molar-refractivity contribution in [1.29, 1.82) is 0 Å². The van der Waals surface area contributed by atoms with Gasteiger partial charge in [0.05, 0.1) is 24.6 Å². The summed E-state index contributed by atoms with van der Waals surface area (Å²) in [4.78, 5) is 16.3. The summed E-state index contributed by atoms with van der Waals surface area (Å²) >= 11 is 0. The van der Waals surface area contributed by atoms with Gasteiger partial charge in [0.1, 0.15) is 17.2 Å². The van der Waals surface area contributed by atoms with E-state index in [4.69, 9.17) is 0 Å². The Morgan fingerprint density at radius 2 is 2.27 bits per heavy atom. The van der Waals surface area contributed by atoms with E-state index in [0.29, 0.717) is 11.4 Å². The molecule has 2 aromatic heterocycles. The quantitative estimate of drug-likeness (QED) is 0.842. The Labute approximate surface area is 127 Å². The maximum atomic E-state index is 12.1. The minimum Gasteiger partial charge on any atom is -0.389 e. The number of aryl methyl sites for hydroxylation is 2. The molecular formula is C14H19N5O3. The second-order valence-electron chi connectivity index (χ2n) is 5.66. The van der Waals surface area contributed by atoms with Crippen LogP contribution in [0.25, 0.3) is 0 Å². The lowest BCUT2D eigenvalue weighted by Crippen LogP contribution is -2.42. The van der Waals surface area contributed by atoms with Crippen LogP contribution in [0.15, 0.2) is 17.0 Å². The van der Waals surface area contributed by atoms with E-state index in [1.165, 1.54) is 0 Å². The minimum absolute atomic E-state index is 0.0525. The van der Waals surface area contributed by atoms with E-state index in [1.807, 2.05) is 17.7 Å². The third-order valence-electron chi connectivity index (χ3n) is 4.22. The molecule has 2 aromatic rings. The van der Waals surface area contributed by atoms with Crippen LogP contribution in [0.1, 0.15) is 36.1 Å². The number of aliphatic hydroxyl groups excluding tert-OH is 1. The fraction of sp³-hybridized carbons (Fsp3) is 0.571. The molecule has 0 saturated heterocycles. The van der Waals surface area contributed by atoms with Crippen molar-refractivity contribution in [2.75, 3.05) is 0 Å². The van der Waals surface area contributed by atoms with E-state index < -0.39 is 6.10 Å². The summed E-state index contributed by atoms with van der Waals surface area (Å²) in [7, 11) is 0. The number of hydrogen-bond acceptors (Lipinski definition) is 6. The van der Waals surface area contributed by atoms with Gasteiger partial charge in [0, 0.05) is 12.4 Å². The van der Waals surface area contributed by atoms with Gasteiger partial charge in [0.2, 0.25) is 5.91 Å². The molecule has 0 bridgehead atoms. The van der Waals surface area contributed by atoms with Crippen molar-refractivity contribution >= 4 is 5.91 Å². The molecule has 3 atom stereocenters. The fourth-order valence-electron chi connectivity index (χ4n) is 2.98. The molecule has 1 saturated carbocycles. The number of nitrogens with one attached hydrogen (secondary N) is 1. The maximum absolute atomic E-state index is 12.1. The molecule has 0 unspecified atom stereocenters. The fourth-order valence-corrected chi connectivity index (χ4v) is 2.98. The van der Waals surface area contributed by atoms with Gasteiger partial charge in [-0.2, -0.15) is 0 Å². The average molecular weight is 305 g/mol. The Bertz CT molecular complexity index is 665. The molecule has 0 aliphatic heterocycles. The molecule has 0 spiro atoms. The lowest BCUT2D eigenvalue weighted by atomic mass is 10.1. The molecule has 8 heteroatoms. The highest BCUT2D eigenvalue weighted by Gasteiger charge is 2.37. The molecule has 2 N–H and O–H groups in total. The Hall–Kier alpha value is -2.22. The molecule has 1 fully saturated rings. The van der Waals surface area contributed by atoms with Gasteiger partial charge in [-0.3, -0.25) is 4.79 Å². The molecule has 118 valence electrons. The van der Waals surface area contributed by atoms with Crippen LogP contribution in [-0.4, -0.2) is 43.0 Å². The molecule has 22 heavy (non-hydrogen) atoms. The average Bonchev–Trinajstić information content (AvgIpc) is 3.15. The topological polar surface area (TPSA) is 106 Å². The highest BCUT2D eigenvalue weighted by atomic mass is 16.6. The molecule has 1 aliphatic carbocycles. The number of aromatic nitrogens is 4. The van der Waals surface area contributed by atoms with Crippen molar-refractivity contribution in [1.82, 2.24) is 25.2 Å². The van der Waals surface area contributed by atoms with Crippen molar-refractivity contribution in [2.24, 2.45) is 0 Å². The van der Waals surface area contributed by atoms with E-state index in [9.17, 15) is 9.90 Å². The predicted molar refractivity (Wildman–Crippen MR) is 75.9 cm³/mol. The monoisotopic (exact) mass is 305 g/mol. The molecule has 1 amide bonds. The van der Waals surface area contributed by atoms with E-state index in [1.54, 1.807) is 13.1 Å². The van der Waals surface area contributed by atoms with Crippen LogP contribution in [0, 0.1) is 13.8 Å². The Morgan fingerprint density at radius 1 is 1.45 bits per heavy atom. The van der Waals surface area contributed by atoms with Crippen molar-refractivity contribution in [3.05, 3.63) is 29.6 Å². The van der Waals surface area contributed by atoms with Gasteiger partial charge >= 0.3 is 0 Å². The molecule has 8 nitrogen and oxygen atoms in total. The van der Waals surface area contributed by atoms with Crippen molar-refractivity contribution in [3.63, 3.8) is 0 Å². The zero-order valence-electron chi connectivity index (χ0n) is 12.6. The third-order valence-corrected chi connectivity index (χ3v) is 4.22. The first kappa shape index (κ1) is 14.7. The lowest BCUT2D eigenvalue weighted by Gasteiger charge is -2.22. The van der Waals surface area contributed by atoms with E-state index >= 15 is 0 Å². The van der Waals surface area contributed by atoms with Crippen molar-refractivity contribution in [3.8, 4) is 0 Å². The lowest BCUT2D eigenvalue weighted by molar-refractivity contribution is -0.122. The van der Waals surface area contributed by atoms with Gasteiger partial charge in [-0.05, 0) is 26.7 Å². The zero-order valence-corrected chi connectivity index (χ0v) is 12.6. The highest BCUT2D eigenvalue weighted by molar-refractivity contribution is 5.78. The summed E-state index contributed by atoms with van der Waals surface area (Å²) in [5.74, 6) is 0.672. The van der Waals surface area contributed by atoms with Crippen molar-refractivity contribution in [2.45, 2.75) is 51.3 Å². The molecule has 3 rings (SSSR count). The summed E-state index contributed by atoms with van der Waals surface area (Å²) in [6, 6.07) is -0.317. The van der Waals surface area contributed by atoms with Gasteiger partial charge in [0.25, 0.3) is 0 Å². The third kappa shape index (κ3) is 2.74. The number of carbonyl (C=O) groups excluding carboxylic acids is 1. The number of aliphatic hydroxyl groups is 1. The Balaban J connectivity index is 1.61. The van der Waals surface area contributed by atoms with Crippen LogP contribution < -0.4 is 5.32 Å². The summed E-state index contributed by atoms with van der Waals surface area (Å²) in [6.07, 6.45) is 4.58. The SMILES string of the molecule is Cc1nonc1CC(=O)N[C@@H]1CC[C@@H](n2ccnc2C)[C@@H]1O. The predicted octanol–water partition coefficient (Wildman–Crippen LogP) is 0.306. The normalized spacial score (nSPS) is 24.6. The summed E-state index contributed by atoms with van der Waals surface area (Å²) < 4.78 is 6.54. The van der Waals surface area contributed by atoms with Crippen LogP contribution in [0.3, 0.4) is 0 Å². The molecule has 1 aliphatic rings. The highest BCUT2D eigenvalue weighted by Crippen LogP contribution is 2.31. The number of nitrogens with zero attached hydrogens (tertiary/aromatic N) is 4. The van der Waals surface area contributed by atoms with E-state index in [2.05, 4.69) is 25.2 Å². The Kier molecular flexibility index (Phi) is 3.93. The van der Waals surface area contributed by atoms with Gasteiger partial charge in [-0.15, -0.1) is 0 Å². The smallest absolute Gasteiger partial charge is 0.226 e. The second kappa shape index (κ2) is 5.88. The van der Waals surface area contributed by atoms with Crippen LogP contribution in [0.5, 0.6) is 0 Å². The minimum atomic E-state index is -0.631. The number of imidazole rings is 1. The Morgan fingerprint density at radius 3 is 2.91 bits per heavy atom. The van der Waals surface area contributed by atoms with Crippen molar-refractivity contribution < 1.29 is 14.5 Å². The summed E-state index contributed by atoms with van der Waals surface area (Å²) in [5, 5.41) is 20.7. The first-order valence-electron chi connectivity index (χ1n) is 7.31. The molecule has 0 aromatic carbocycles. The number of hydrogen-bond donors (Lipinski definition) is 2. The molecule has 0 radical (unpaired) electrons. The van der Waals surface area contributed by atoms with Crippen LogP contribution in [-0.2, 0) is 11.2 Å². The van der Waals surface area contributed by atoms with Gasteiger partial charge in [0.15, 0.2) is 0 Å². The number of amides is 1. The van der Waals surface area contributed by atoms with E-state index in [0.717, 1.165) is 18.7 Å². The van der Waals surface area contributed by atoms with E-state index in [-0.39, 0.29) is 24.4 Å². The molecule has 2 heterocycles. The van der Waals surface area contributed by atoms with Gasteiger partial charge < -0.3 is 15.0 Å². The first-order valence-corrected chi connectivity index (χ1v) is 7.31. The zero-order chi connectivity index (χ0) is 15.7. The second-order valence-corrected chi connectivity index (χ2v) is 5.66. The maximum Gasteiger partial charge on any atom is 0.226 e. The summed E-state index contributed by atoms with van der Waals surface area (Å²) in [5.41, 5.74) is 1.13. The number of carbonyl (C=O) groups is 1. The summed E-state index contributed by atoms with van der Waals surface area (Å²) in [6.45, 7) is 3.64. The van der Waals surface area contributed by atoms with Crippen LogP contribution >= 0.6 is 0 Å².